The molecule has 0 fully saturated rings. The van der Waals surface area contributed by atoms with Crippen LogP contribution in [0.3, 0.4) is 0 Å². The average Bonchev–Trinajstić information content (AvgIpc) is 2.86. The molecule has 0 aliphatic rings. The average molecular weight is 365 g/mol. The van der Waals surface area contributed by atoms with Crippen molar-refractivity contribution < 1.29 is 18.7 Å². The molecule has 0 saturated carbocycles. The molecule has 0 atom stereocenters. The van der Waals surface area contributed by atoms with Crippen LogP contribution < -0.4 is 5.11 Å². The third-order valence-electron chi connectivity index (χ3n) is 4.04. The van der Waals surface area contributed by atoms with Gasteiger partial charge in [0.2, 0.25) is 0 Å². The first-order chi connectivity index (χ1) is 11.7. The highest BCUT2D eigenvalue weighted by Gasteiger charge is 2.34. The van der Waals surface area contributed by atoms with E-state index in [4.69, 9.17) is 11.6 Å². The fourth-order valence-electron chi connectivity index (χ4n) is 2.64. The van der Waals surface area contributed by atoms with E-state index in [-0.39, 0.29) is 6.54 Å². The number of aliphatic carboxylic acids is 1. The number of carboxylic acids is 1. The van der Waals surface area contributed by atoms with Crippen LogP contribution in [0.4, 0.5) is 8.78 Å². The molecular weight excluding hydrogens is 352 g/mol. The zero-order valence-corrected chi connectivity index (χ0v) is 14.1. The first-order valence-corrected chi connectivity index (χ1v) is 7.76. The lowest BCUT2D eigenvalue weighted by molar-refractivity contribution is -0.331. The van der Waals surface area contributed by atoms with Crippen LogP contribution in [-0.4, -0.2) is 20.7 Å². The van der Waals surface area contributed by atoms with Gasteiger partial charge in [0.05, 0.1) is 17.8 Å². The summed E-state index contributed by atoms with van der Waals surface area (Å²) in [6.07, 6.45) is 0.831. The zero-order valence-electron chi connectivity index (χ0n) is 13.4. The predicted octanol–water partition coefficient (Wildman–Crippen LogP) is 2.59. The maximum absolute atomic E-state index is 13.7. The number of benzene rings is 1. The van der Waals surface area contributed by atoms with Crippen molar-refractivity contribution in [3.63, 3.8) is 0 Å². The van der Waals surface area contributed by atoms with E-state index >= 15 is 0 Å². The van der Waals surface area contributed by atoms with E-state index in [0.717, 1.165) is 23.4 Å². The lowest BCUT2D eigenvalue weighted by Crippen LogP contribution is -2.39. The van der Waals surface area contributed by atoms with Gasteiger partial charge in [-0.25, -0.2) is 0 Å². The first kappa shape index (κ1) is 17.3. The van der Waals surface area contributed by atoms with Crippen molar-refractivity contribution >= 4 is 28.6 Å². The van der Waals surface area contributed by atoms with Gasteiger partial charge in [0.25, 0.3) is 0 Å². The summed E-state index contributed by atoms with van der Waals surface area (Å²) in [5.74, 6) is -6.61. The number of aromatic nitrogens is 3. The minimum Gasteiger partial charge on any atom is -0.544 e. The van der Waals surface area contributed by atoms with Gasteiger partial charge < -0.3 is 9.90 Å². The number of aryl methyl sites for hydroxylation is 2. The minimum absolute atomic E-state index is 0.248. The Morgan fingerprint density at radius 1 is 1.36 bits per heavy atom. The summed E-state index contributed by atoms with van der Waals surface area (Å²) < 4.78 is 29.0. The molecule has 0 spiro atoms. The van der Waals surface area contributed by atoms with Gasteiger partial charge in [0.1, 0.15) is 11.5 Å². The molecule has 5 nitrogen and oxygen atoms in total. The van der Waals surface area contributed by atoms with Crippen molar-refractivity contribution in [2.24, 2.45) is 0 Å². The van der Waals surface area contributed by atoms with Crippen molar-refractivity contribution in [3.05, 3.63) is 57.9 Å². The molecule has 0 radical (unpaired) electrons. The molecular formula is C17H13ClF2N3O2-. The molecule has 3 rings (SSSR count). The standard InChI is InChI=1S/C17H14ClF2N3O2/c1-9-4-3-5-13(18)12(9)8-23-14-6-11(17(19,20)16(24)25)7-21-15(14)10(2)22-23/h3-7H,8H2,1-2H3,(H,24,25)/p-1. The maximum atomic E-state index is 13.7. The Hall–Kier alpha value is -2.54. The van der Waals surface area contributed by atoms with Gasteiger partial charge in [-0.05, 0) is 37.1 Å². The van der Waals surface area contributed by atoms with E-state index in [1.807, 2.05) is 19.1 Å². The number of rotatable bonds is 4. The van der Waals surface area contributed by atoms with Crippen molar-refractivity contribution in [3.8, 4) is 0 Å². The van der Waals surface area contributed by atoms with Gasteiger partial charge in [0, 0.05) is 16.8 Å². The predicted molar refractivity (Wildman–Crippen MR) is 86.5 cm³/mol. The molecule has 0 N–H and O–H groups in total. The molecule has 0 aliphatic carbocycles. The molecule has 8 heteroatoms. The molecule has 0 saturated heterocycles. The Morgan fingerprint density at radius 3 is 2.72 bits per heavy atom. The van der Waals surface area contributed by atoms with Gasteiger partial charge in [-0.2, -0.15) is 13.9 Å². The number of hydrogen-bond donors (Lipinski definition) is 0. The van der Waals surface area contributed by atoms with Crippen molar-refractivity contribution in [2.75, 3.05) is 0 Å². The van der Waals surface area contributed by atoms with E-state index in [1.54, 1.807) is 13.0 Å². The lowest BCUT2D eigenvalue weighted by atomic mass is 10.1. The fraction of sp³-hybridized carbons (Fsp3) is 0.235. The molecule has 130 valence electrons. The number of hydrogen-bond acceptors (Lipinski definition) is 4. The topological polar surface area (TPSA) is 70.8 Å². The third-order valence-corrected chi connectivity index (χ3v) is 4.39. The highest BCUT2D eigenvalue weighted by Crippen LogP contribution is 2.30. The van der Waals surface area contributed by atoms with E-state index < -0.39 is 17.5 Å². The van der Waals surface area contributed by atoms with Crippen LogP contribution in [0.15, 0.2) is 30.5 Å². The normalized spacial score (nSPS) is 11.9. The van der Waals surface area contributed by atoms with Gasteiger partial charge in [-0.15, -0.1) is 0 Å². The number of carboxylic acid groups (broad SMARTS) is 1. The molecule has 0 bridgehead atoms. The molecule has 2 heterocycles. The summed E-state index contributed by atoms with van der Waals surface area (Å²) in [5, 5.41) is 15.6. The van der Waals surface area contributed by atoms with Crippen LogP contribution in [0.1, 0.15) is 22.4 Å². The van der Waals surface area contributed by atoms with E-state index in [9.17, 15) is 18.7 Å². The fourth-order valence-corrected chi connectivity index (χ4v) is 2.92. The summed E-state index contributed by atoms with van der Waals surface area (Å²) in [5.41, 5.74) is 2.24. The Labute approximate surface area is 146 Å². The second-order valence-electron chi connectivity index (χ2n) is 5.73. The smallest absolute Gasteiger partial charge is 0.313 e. The Morgan fingerprint density at radius 2 is 2.08 bits per heavy atom. The largest absolute Gasteiger partial charge is 0.544 e. The molecule has 0 amide bonds. The van der Waals surface area contributed by atoms with Crippen LogP contribution in [0.2, 0.25) is 5.02 Å². The van der Waals surface area contributed by atoms with Crippen molar-refractivity contribution in [2.45, 2.75) is 26.3 Å². The third kappa shape index (κ3) is 2.95. The van der Waals surface area contributed by atoms with Gasteiger partial charge >= 0.3 is 5.92 Å². The van der Waals surface area contributed by atoms with E-state index in [0.29, 0.717) is 21.7 Å². The SMILES string of the molecule is Cc1cccc(Cl)c1Cn1nc(C)c2ncc(C(F)(F)C(=O)[O-])cc21. The molecule has 0 unspecified atom stereocenters. The number of halogens is 3. The van der Waals surface area contributed by atoms with Gasteiger partial charge in [-0.3, -0.25) is 9.67 Å². The van der Waals surface area contributed by atoms with Crippen LogP contribution in [-0.2, 0) is 17.3 Å². The number of fused-ring (bicyclic) bond motifs is 1. The maximum Gasteiger partial charge on any atom is 0.313 e. The summed E-state index contributed by atoms with van der Waals surface area (Å²) in [6.45, 7) is 3.83. The zero-order chi connectivity index (χ0) is 18.4. The lowest BCUT2D eigenvalue weighted by Gasteiger charge is -2.17. The minimum atomic E-state index is -4.13. The number of nitrogens with zero attached hydrogens (tertiary/aromatic N) is 3. The van der Waals surface area contributed by atoms with Crippen LogP contribution in [0.5, 0.6) is 0 Å². The highest BCUT2D eigenvalue weighted by molar-refractivity contribution is 6.31. The summed E-state index contributed by atoms with van der Waals surface area (Å²) in [4.78, 5) is 14.6. The highest BCUT2D eigenvalue weighted by atomic mass is 35.5. The van der Waals surface area contributed by atoms with E-state index in [1.165, 1.54) is 4.68 Å². The van der Waals surface area contributed by atoms with Crippen LogP contribution in [0.25, 0.3) is 11.0 Å². The molecule has 3 aromatic rings. The second kappa shape index (κ2) is 6.07. The second-order valence-corrected chi connectivity index (χ2v) is 6.14. The van der Waals surface area contributed by atoms with Crippen molar-refractivity contribution in [1.82, 2.24) is 14.8 Å². The molecule has 0 aliphatic heterocycles. The monoisotopic (exact) mass is 364 g/mol. The van der Waals surface area contributed by atoms with Gasteiger partial charge in [0.15, 0.2) is 0 Å². The first-order valence-electron chi connectivity index (χ1n) is 7.38. The number of pyridine rings is 1. The van der Waals surface area contributed by atoms with E-state index in [2.05, 4.69) is 10.1 Å². The number of alkyl halides is 2. The quantitative estimate of drug-likeness (QED) is 0.713. The Kier molecular flexibility index (Phi) is 4.20. The Bertz CT molecular complexity index is 965. The summed E-state index contributed by atoms with van der Waals surface area (Å²) >= 11 is 6.22. The van der Waals surface area contributed by atoms with Gasteiger partial charge in [-0.1, -0.05) is 23.7 Å². The number of carbonyl (C=O) groups excluding carboxylic acids is 1. The van der Waals surface area contributed by atoms with Crippen LogP contribution in [0, 0.1) is 13.8 Å². The van der Waals surface area contributed by atoms with Crippen LogP contribution >= 0.6 is 11.6 Å². The van der Waals surface area contributed by atoms with Crippen molar-refractivity contribution in [1.29, 1.82) is 0 Å². The Balaban J connectivity index is 2.14. The number of carbonyl (C=O) groups is 1. The summed E-state index contributed by atoms with van der Waals surface area (Å²) in [6, 6.07) is 6.50. The molecule has 1 aromatic carbocycles. The molecule has 25 heavy (non-hydrogen) atoms. The molecule has 2 aromatic heterocycles. The summed E-state index contributed by atoms with van der Waals surface area (Å²) in [7, 11) is 0.